The Bertz CT molecular complexity index is 671. The molecule has 22 heavy (non-hydrogen) atoms. The molecule has 3 fully saturated rings. The summed E-state index contributed by atoms with van der Waals surface area (Å²) in [6, 6.07) is 7.80. The van der Waals surface area contributed by atoms with Crippen LogP contribution in [0.25, 0.3) is 0 Å². The van der Waals surface area contributed by atoms with Crippen LogP contribution in [0.5, 0.6) is 0 Å². The van der Waals surface area contributed by atoms with Gasteiger partial charge in [0.25, 0.3) is 5.91 Å². The van der Waals surface area contributed by atoms with Crippen LogP contribution in [0.15, 0.2) is 24.3 Å². The van der Waals surface area contributed by atoms with Crippen molar-refractivity contribution < 1.29 is 9.59 Å². The molecular formula is C18H20N2O2. The van der Waals surface area contributed by atoms with Gasteiger partial charge in [0.2, 0.25) is 5.91 Å². The Morgan fingerprint density at radius 2 is 1.77 bits per heavy atom. The van der Waals surface area contributed by atoms with Crippen molar-refractivity contribution >= 4 is 17.5 Å². The normalized spacial score (nSPS) is 36.0. The first kappa shape index (κ1) is 12.7. The monoisotopic (exact) mass is 296 g/mol. The number of anilines is 1. The number of rotatable bonds is 0. The highest BCUT2D eigenvalue weighted by molar-refractivity contribution is 6.10. The lowest BCUT2D eigenvalue weighted by Crippen LogP contribution is -2.63. The van der Waals surface area contributed by atoms with Crippen molar-refractivity contribution in [3.05, 3.63) is 29.8 Å². The van der Waals surface area contributed by atoms with Crippen molar-refractivity contribution in [1.29, 1.82) is 0 Å². The third kappa shape index (κ3) is 1.48. The van der Waals surface area contributed by atoms with Gasteiger partial charge >= 0.3 is 0 Å². The van der Waals surface area contributed by atoms with E-state index in [2.05, 4.69) is 0 Å². The minimum absolute atomic E-state index is 0.156. The summed E-state index contributed by atoms with van der Waals surface area (Å²) in [4.78, 5) is 29.9. The fourth-order valence-corrected chi connectivity index (χ4v) is 5.19. The molecule has 0 spiro atoms. The number of hydrogen-bond acceptors (Lipinski definition) is 2. The quantitative estimate of drug-likeness (QED) is 0.736. The Morgan fingerprint density at radius 1 is 0.955 bits per heavy atom. The molecule has 4 atom stereocenters. The lowest BCUT2D eigenvalue weighted by atomic mass is 9.84. The predicted molar refractivity (Wildman–Crippen MR) is 82.4 cm³/mol. The number of nitrogens with zero attached hydrogens (tertiary/aromatic N) is 2. The number of fused-ring (bicyclic) bond motifs is 6. The zero-order valence-electron chi connectivity index (χ0n) is 12.6. The topological polar surface area (TPSA) is 40.6 Å². The average molecular weight is 296 g/mol. The lowest BCUT2D eigenvalue weighted by molar-refractivity contribution is -0.146. The van der Waals surface area contributed by atoms with Crippen molar-refractivity contribution in [2.75, 3.05) is 4.90 Å². The molecule has 0 bridgehead atoms. The van der Waals surface area contributed by atoms with E-state index in [1.54, 1.807) is 4.90 Å². The molecule has 0 N–H and O–H groups in total. The number of hydrogen-bond donors (Lipinski definition) is 0. The molecule has 0 radical (unpaired) electrons. The van der Waals surface area contributed by atoms with Gasteiger partial charge in [0.1, 0.15) is 12.1 Å². The molecular weight excluding hydrogens is 276 g/mol. The van der Waals surface area contributed by atoms with E-state index in [0.29, 0.717) is 18.4 Å². The number of piperazine rings is 1. The van der Waals surface area contributed by atoms with Crippen molar-refractivity contribution in [3.8, 4) is 0 Å². The van der Waals surface area contributed by atoms with Gasteiger partial charge in [0, 0.05) is 18.2 Å². The molecule has 2 amide bonds. The van der Waals surface area contributed by atoms with Crippen LogP contribution in [0.3, 0.4) is 0 Å². The van der Waals surface area contributed by atoms with E-state index in [4.69, 9.17) is 0 Å². The molecule has 0 aromatic heterocycles. The highest BCUT2D eigenvalue weighted by atomic mass is 16.2. The van der Waals surface area contributed by atoms with Gasteiger partial charge in [0.05, 0.1) is 0 Å². The summed E-state index contributed by atoms with van der Waals surface area (Å²) in [7, 11) is 0. The minimum atomic E-state index is -0.290. The molecule has 114 valence electrons. The van der Waals surface area contributed by atoms with E-state index in [1.165, 1.54) is 19.3 Å². The van der Waals surface area contributed by atoms with Crippen LogP contribution >= 0.6 is 0 Å². The van der Waals surface area contributed by atoms with Gasteiger partial charge in [0.15, 0.2) is 0 Å². The Morgan fingerprint density at radius 3 is 2.68 bits per heavy atom. The van der Waals surface area contributed by atoms with E-state index in [1.807, 2.05) is 29.2 Å². The molecule has 4 aliphatic rings. The maximum Gasteiger partial charge on any atom is 0.250 e. The Kier molecular flexibility index (Phi) is 2.50. The second kappa shape index (κ2) is 4.34. The largest absolute Gasteiger partial charge is 0.326 e. The smallest absolute Gasteiger partial charge is 0.250 e. The summed E-state index contributed by atoms with van der Waals surface area (Å²) in [6.07, 6.45) is 6.27. The van der Waals surface area contributed by atoms with E-state index in [9.17, 15) is 9.59 Å². The van der Waals surface area contributed by atoms with E-state index < -0.39 is 0 Å². The van der Waals surface area contributed by atoms with E-state index in [0.717, 1.165) is 24.1 Å². The molecule has 5 rings (SSSR count). The van der Waals surface area contributed by atoms with Crippen LogP contribution in [0.4, 0.5) is 5.69 Å². The summed E-state index contributed by atoms with van der Waals surface area (Å²) >= 11 is 0. The summed E-state index contributed by atoms with van der Waals surface area (Å²) in [5.41, 5.74) is 2.09. The molecule has 3 heterocycles. The molecule has 1 aromatic rings. The maximum absolute atomic E-state index is 13.1. The summed E-state index contributed by atoms with van der Waals surface area (Å²) < 4.78 is 0. The van der Waals surface area contributed by atoms with Crippen LogP contribution in [-0.4, -0.2) is 34.8 Å². The molecule has 3 aliphatic heterocycles. The van der Waals surface area contributed by atoms with Crippen LogP contribution in [0.1, 0.15) is 37.7 Å². The lowest BCUT2D eigenvalue weighted by Gasteiger charge is -2.42. The van der Waals surface area contributed by atoms with Crippen molar-refractivity contribution in [3.63, 3.8) is 0 Å². The Balaban J connectivity index is 1.57. The van der Waals surface area contributed by atoms with Crippen LogP contribution in [-0.2, 0) is 16.0 Å². The first-order valence-electron chi connectivity index (χ1n) is 8.49. The van der Waals surface area contributed by atoms with Crippen molar-refractivity contribution in [2.45, 2.75) is 56.7 Å². The Hall–Kier alpha value is -1.84. The number of para-hydroxylation sites is 1. The average Bonchev–Trinajstić information content (AvgIpc) is 3.12. The molecule has 1 aliphatic carbocycles. The molecule has 1 saturated carbocycles. The number of carbonyl (C=O) groups excluding carboxylic acids is 2. The molecule has 1 aromatic carbocycles. The summed E-state index contributed by atoms with van der Waals surface area (Å²) in [5.74, 6) is 0.890. The highest BCUT2D eigenvalue weighted by Crippen LogP contribution is 2.46. The fourth-order valence-electron chi connectivity index (χ4n) is 5.19. The second-order valence-electron chi connectivity index (χ2n) is 7.17. The van der Waals surface area contributed by atoms with Gasteiger partial charge in [-0.15, -0.1) is 0 Å². The molecule has 2 saturated heterocycles. The Labute approximate surface area is 130 Å². The van der Waals surface area contributed by atoms with Crippen LogP contribution < -0.4 is 4.90 Å². The molecule has 4 nitrogen and oxygen atoms in total. The van der Waals surface area contributed by atoms with Crippen LogP contribution in [0.2, 0.25) is 0 Å². The summed E-state index contributed by atoms with van der Waals surface area (Å²) in [5, 5.41) is 0. The van der Waals surface area contributed by atoms with Gasteiger partial charge < -0.3 is 4.90 Å². The molecule has 0 unspecified atom stereocenters. The zero-order chi connectivity index (χ0) is 14.8. The van der Waals surface area contributed by atoms with Gasteiger partial charge in [-0.3, -0.25) is 14.5 Å². The van der Waals surface area contributed by atoms with Gasteiger partial charge in [-0.25, -0.2) is 0 Å². The summed E-state index contributed by atoms with van der Waals surface area (Å²) in [6.45, 7) is 0. The maximum atomic E-state index is 13.1. The minimum Gasteiger partial charge on any atom is -0.326 e. The first-order chi connectivity index (χ1) is 10.8. The van der Waals surface area contributed by atoms with E-state index in [-0.39, 0.29) is 23.9 Å². The first-order valence-corrected chi connectivity index (χ1v) is 8.49. The fraction of sp³-hybridized carbons (Fsp3) is 0.556. The third-order valence-electron chi connectivity index (χ3n) is 6.13. The van der Waals surface area contributed by atoms with Gasteiger partial charge in [-0.05, 0) is 36.8 Å². The highest BCUT2D eigenvalue weighted by Gasteiger charge is 2.56. The number of carbonyl (C=O) groups is 2. The molecule has 4 heteroatoms. The second-order valence-corrected chi connectivity index (χ2v) is 7.17. The van der Waals surface area contributed by atoms with Crippen LogP contribution in [0, 0.1) is 5.92 Å². The van der Waals surface area contributed by atoms with Crippen molar-refractivity contribution in [1.82, 2.24) is 4.90 Å². The zero-order valence-corrected chi connectivity index (χ0v) is 12.6. The van der Waals surface area contributed by atoms with Crippen molar-refractivity contribution in [2.24, 2.45) is 5.92 Å². The standard InChI is InChI=1S/C18H20N2O2/c21-17-15-9-11-5-1-3-7-13(11)19(15)18(22)16-10-12-6-2-4-8-14(12)20(16)17/h1,3,5,7,12,14-16H,2,4,6,8-10H2/t12-,14-,15-,16-/m0/s1. The van der Waals surface area contributed by atoms with Gasteiger partial charge in [-0.1, -0.05) is 31.0 Å². The predicted octanol–water partition coefficient (Wildman–Crippen LogP) is 2.12. The number of benzene rings is 1. The van der Waals surface area contributed by atoms with Gasteiger partial charge in [-0.2, -0.15) is 0 Å². The number of amides is 2. The SMILES string of the molecule is O=C1[C@@H]2C[C@@H]3CCCC[C@@H]3N2C(=O)[C@@H]2Cc3ccccc3N12. The van der Waals surface area contributed by atoms with E-state index >= 15 is 0 Å². The third-order valence-corrected chi connectivity index (χ3v) is 6.13.